The fraction of sp³-hybridized carbons (Fsp3) is 0.111. The highest BCUT2D eigenvalue weighted by Gasteiger charge is 2.27. The summed E-state index contributed by atoms with van der Waals surface area (Å²) >= 11 is 5.63. The largest absolute Gasteiger partial charge is 0.386 e. The first-order chi connectivity index (χ1) is 6.50. The van der Waals surface area contributed by atoms with E-state index >= 15 is 0 Å². The second-order valence-electron chi connectivity index (χ2n) is 2.83. The van der Waals surface area contributed by atoms with Gasteiger partial charge in [0.2, 0.25) is 0 Å². The van der Waals surface area contributed by atoms with Gasteiger partial charge in [0.25, 0.3) is 0 Å². The van der Waals surface area contributed by atoms with E-state index < -0.39 is 4.96 Å². The maximum atomic E-state index is 13.0. The normalized spacial score (nSPS) is 12.3. The summed E-state index contributed by atoms with van der Waals surface area (Å²) in [5.74, 6) is 0. The monoisotopic (exact) mass is 323 g/mol. The zero-order valence-electron chi connectivity index (χ0n) is 6.85. The highest BCUT2D eigenvalue weighted by Crippen LogP contribution is 2.34. The third-order valence-electron chi connectivity index (χ3n) is 1.95. The number of rotatable bonds is 1. The van der Waals surface area contributed by atoms with Gasteiger partial charge in [0.1, 0.15) is 0 Å². The Morgan fingerprint density at radius 3 is 2.57 bits per heavy atom. The lowest BCUT2D eigenvalue weighted by Gasteiger charge is -2.11. The molecule has 0 atom stereocenters. The molecule has 1 aromatic carbocycles. The van der Waals surface area contributed by atoms with E-state index in [-0.39, 0.29) is 0 Å². The fourth-order valence-corrected chi connectivity index (χ4v) is 2.15. The second kappa shape index (κ2) is 3.31. The number of hydrogen-bond donors (Lipinski definition) is 0. The van der Waals surface area contributed by atoms with Crippen LogP contribution < -0.4 is 0 Å². The number of benzene rings is 1. The molecule has 0 aliphatic carbocycles. The molecule has 0 unspecified atom stereocenters. The Morgan fingerprint density at radius 1 is 1.21 bits per heavy atom. The standard InChI is InChI=1S/C9H5Br2F2N/c10-7-2-1-3-8-6(7)4-5-14(8)9(11,12)13/h1-5H. The van der Waals surface area contributed by atoms with Crippen molar-refractivity contribution in [3.8, 4) is 0 Å². The first-order valence-electron chi connectivity index (χ1n) is 3.83. The van der Waals surface area contributed by atoms with Crippen molar-refractivity contribution in [3.63, 3.8) is 0 Å². The molecule has 1 nitrogen and oxygen atoms in total. The Bertz CT molecular complexity index is 473. The molecular weight excluding hydrogens is 320 g/mol. The average Bonchev–Trinajstić information content (AvgIpc) is 2.47. The van der Waals surface area contributed by atoms with Gasteiger partial charge in [0.05, 0.1) is 5.52 Å². The topological polar surface area (TPSA) is 4.93 Å². The molecule has 2 aromatic rings. The van der Waals surface area contributed by atoms with E-state index in [9.17, 15) is 8.78 Å². The van der Waals surface area contributed by atoms with Crippen LogP contribution in [-0.4, -0.2) is 4.57 Å². The number of hydrogen-bond acceptors (Lipinski definition) is 0. The third kappa shape index (κ3) is 1.59. The number of halogens is 4. The lowest BCUT2D eigenvalue weighted by Crippen LogP contribution is -2.12. The van der Waals surface area contributed by atoms with Crippen molar-refractivity contribution in [1.29, 1.82) is 0 Å². The number of nitrogens with zero attached hydrogens (tertiary/aromatic N) is 1. The van der Waals surface area contributed by atoms with E-state index in [2.05, 4.69) is 31.9 Å². The van der Waals surface area contributed by atoms with Gasteiger partial charge in [0, 0.05) is 32.0 Å². The minimum absolute atomic E-state index is 0.487. The summed E-state index contributed by atoms with van der Waals surface area (Å²) in [4.78, 5) is -3.05. The molecule has 0 N–H and O–H groups in total. The van der Waals surface area contributed by atoms with Crippen molar-refractivity contribution in [2.75, 3.05) is 0 Å². The minimum Gasteiger partial charge on any atom is -0.279 e. The van der Waals surface area contributed by atoms with Crippen molar-refractivity contribution in [2.45, 2.75) is 4.96 Å². The van der Waals surface area contributed by atoms with Gasteiger partial charge in [-0.3, -0.25) is 4.57 Å². The highest BCUT2D eigenvalue weighted by molar-refractivity contribution is 9.10. The molecule has 0 saturated carbocycles. The summed E-state index contributed by atoms with van der Waals surface area (Å²) in [7, 11) is 0. The van der Waals surface area contributed by atoms with Crippen LogP contribution in [0.15, 0.2) is 34.9 Å². The van der Waals surface area contributed by atoms with E-state index in [1.807, 2.05) is 6.07 Å². The van der Waals surface area contributed by atoms with Crippen LogP contribution in [0.2, 0.25) is 0 Å². The summed E-state index contributed by atoms with van der Waals surface area (Å²) in [6.45, 7) is 0. The molecule has 2 rings (SSSR count). The van der Waals surface area contributed by atoms with Gasteiger partial charge in [-0.2, -0.15) is 8.78 Å². The van der Waals surface area contributed by atoms with E-state index in [1.165, 1.54) is 6.20 Å². The van der Waals surface area contributed by atoms with Crippen LogP contribution in [-0.2, 0) is 4.96 Å². The van der Waals surface area contributed by atoms with Gasteiger partial charge >= 0.3 is 4.96 Å². The van der Waals surface area contributed by atoms with Crippen LogP contribution in [0.3, 0.4) is 0 Å². The van der Waals surface area contributed by atoms with Gasteiger partial charge in [0.15, 0.2) is 0 Å². The molecule has 0 spiro atoms. The lowest BCUT2D eigenvalue weighted by atomic mass is 10.2. The summed E-state index contributed by atoms with van der Waals surface area (Å²) in [6, 6.07) is 6.84. The summed E-state index contributed by atoms with van der Waals surface area (Å²) in [5, 5.41) is 0.770. The Balaban J connectivity index is 2.76. The molecule has 0 amide bonds. The van der Waals surface area contributed by atoms with Crippen molar-refractivity contribution < 1.29 is 8.78 Å². The summed E-state index contributed by atoms with van der Waals surface area (Å²) in [5.41, 5.74) is 0.487. The zero-order valence-corrected chi connectivity index (χ0v) is 10.0. The molecule has 0 bridgehead atoms. The van der Waals surface area contributed by atoms with Crippen LogP contribution in [0.1, 0.15) is 0 Å². The van der Waals surface area contributed by atoms with Crippen LogP contribution >= 0.6 is 31.9 Å². The molecule has 1 heterocycles. The lowest BCUT2D eigenvalue weighted by molar-refractivity contribution is 0.0379. The first-order valence-corrected chi connectivity index (χ1v) is 5.41. The molecular formula is C9H5Br2F2N. The quantitative estimate of drug-likeness (QED) is 0.689. The zero-order chi connectivity index (χ0) is 10.3. The maximum absolute atomic E-state index is 13.0. The highest BCUT2D eigenvalue weighted by atomic mass is 79.9. The van der Waals surface area contributed by atoms with Crippen LogP contribution in [0.25, 0.3) is 10.9 Å². The number of fused-ring (bicyclic) bond motifs is 1. The first kappa shape index (κ1) is 10.1. The summed E-state index contributed by atoms with van der Waals surface area (Å²) in [6.07, 6.45) is 1.35. The molecule has 0 saturated heterocycles. The van der Waals surface area contributed by atoms with Crippen LogP contribution in [0.5, 0.6) is 0 Å². The molecule has 14 heavy (non-hydrogen) atoms. The second-order valence-corrected chi connectivity index (χ2v) is 4.63. The third-order valence-corrected chi connectivity index (χ3v) is 3.03. The van der Waals surface area contributed by atoms with Crippen molar-refractivity contribution in [3.05, 3.63) is 34.9 Å². The number of aromatic nitrogens is 1. The smallest absolute Gasteiger partial charge is 0.279 e. The molecule has 0 aliphatic heterocycles. The van der Waals surface area contributed by atoms with Gasteiger partial charge in [-0.15, -0.1) is 0 Å². The van der Waals surface area contributed by atoms with Crippen molar-refractivity contribution >= 4 is 42.8 Å². The fourth-order valence-electron chi connectivity index (χ4n) is 1.35. The van der Waals surface area contributed by atoms with E-state index in [0.717, 1.165) is 14.4 Å². The van der Waals surface area contributed by atoms with Crippen molar-refractivity contribution in [1.82, 2.24) is 4.57 Å². The molecule has 0 radical (unpaired) electrons. The molecule has 0 fully saturated rings. The van der Waals surface area contributed by atoms with Crippen molar-refractivity contribution in [2.24, 2.45) is 0 Å². The minimum atomic E-state index is -3.05. The van der Waals surface area contributed by atoms with Crippen LogP contribution in [0.4, 0.5) is 8.78 Å². The van der Waals surface area contributed by atoms with E-state index in [1.54, 1.807) is 18.2 Å². The van der Waals surface area contributed by atoms with Gasteiger partial charge in [-0.25, -0.2) is 0 Å². The molecule has 74 valence electrons. The van der Waals surface area contributed by atoms with Gasteiger partial charge in [-0.1, -0.05) is 22.0 Å². The molecule has 0 aliphatic rings. The average molecular weight is 325 g/mol. The Kier molecular flexibility index (Phi) is 2.39. The predicted octanol–water partition coefficient (Wildman–Crippen LogP) is 4.31. The van der Waals surface area contributed by atoms with Gasteiger partial charge < -0.3 is 0 Å². The molecule has 5 heteroatoms. The Morgan fingerprint density at radius 2 is 1.93 bits per heavy atom. The summed E-state index contributed by atoms with van der Waals surface area (Å²) < 4.78 is 27.7. The maximum Gasteiger partial charge on any atom is 0.386 e. The predicted molar refractivity (Wildman–Crippen MR) is 58.8 cm³/mol. The van der Waals surface area contributed by atoms with E-state index in [0.29, 0.717) is 5.52 Å². The Hall–Kier alpha value is -0.420. The SMILES string of the molecule is FC(F)(Br)n1ccc2c(Br)cccc21. The number of alkyl halides is 3. The Labute approximate surface area is 96.0 Å². The van der Waals surface area contributed by atoms with Gasteiger partial charge in [-0.05, 0) is 18.2 Å². The molecule has 1 aromatic heterocycles. The van der Waals surface area contributed by atoms with E-state index in [4.69, 9.17) is 0 Å². The van der Waals surface area contributed by atoms with Crippen LogP contribution in [0, 0.1) is 0 Å².